The van der Waals surface area contributed by atoms with Crippen LogP contribution in [0.15, 0.2) is 6.07 Å². The Balaban J connectivity index is 2.14. The molecule has 1 aromatic rings. The largest absolute Gasteiger partial charge is 0.308 e. The number of nitrogens with two attached hydrogens (primary N) is 1. The highest BCUT2D eigenvalue weighted by molar-refractivity contribution is 5.47. The lowest BCUT2D eigenvalue weighted by atomic mass is 9.96. The molecule has 0 radical (unpaired) electrons. The average molecular weight is 279 g/mol. The number of nitrogens with one attached hydrogen (secondary N) is 2. The van der Waals surface area contributed by atoms with Crippen LogP contribution in [-0.4, -0.2) is 53.1 Å². The van der Waals surface area contributed by atoms with E-state index in [4.69, 9.17) is 5.84 Å². The smallest absolute Gasteiger partial charge is 0.146 e. The summed E-state index contributed by atoms with van der Waals surface area (Å²) in [4.78, 5) is 11.3. The molecule has 4 N–H and O–H groups in total. The molecule has 0 bridgehead atoms. The minimum Gasteiger partial charge on any atom is -0.308 e. The van der Waals surface area contributed by atoms with E-state index in [1.54, 1.807) is 0 Å². The first kappa shape index (κ1) is 15.0. The highest BCUT2D eigenvalue weighted by Gasteiger charge is 2.20. The lowest BCUT2D eigenvalue weighted by molar-refractivity contribution is 0.178. The van der Waals surface area contributed by atoms with Crippen molar-refractivity contribution in [3.63, 3.8) is 0 Å². The maximum Gasteiger partial charge on any atom is 0.146 e. The summed E-state index contributed by atoms with van der Waals surface area (Å²) >= 11 is 0. The molecule has 7 heteroatoms. The zero-order valence-electron chi connectivity index (χ0n) is 12.8. The fourth-order valence-electron chi connectivity index (χ4n) is 1.99. The molecule has 112 valence electrons. The molecule has 1 aliphatic heterocycles. The lowest BCUT2D eigenvalue weighted by Gasteiger charge is -2.33. The molecule has 0 amide bonds. The van der Waals surface area contributed by atoms with Gasteiger partial charge in [0.1, 0.15) is 17.5 Å². The normalized spacial score (nSPS) is 18.1. The molecular formula is C13H25N7. The number of rotatable bonds is 3. The van der Waals surface area contributed by atoms with Gasteiger partial charge in [-0.2, -0.15) is 0 Å². The molecule has 7 nitrogen and oxygen atoms in total. The van der Waals surface area contributed by atoms with Gasteiger partial charge in [-0.1, -0.05) is 20.8 Å². The Kier molecular flexibility index (Phi) is 4.42. The van der Waals surface area contributed by atoms with Gasteiger partial charge in [-0.3, -0.25) is 0 Å². The molecule has 0 aromatic carbocycles. The van der Waals surface area contributed by atoms with Gasteiger partial charge in [0.2, 0.25) is 0 Å². The molecule has 1 aromatic heterocycles. The monoisotopic (exact) mass is 279 g/mol. The summed E-state index contributed by atoms with van der Waals surface area (Å²) in [7, 11) is 2.14. The van der Waals surface area contributed by atoms with Gasteiger partial charge in [0.05, 0.1) is 0 Å². The van der Waals surface area contributed by atoms with E-state index in [2.05, 4.69) is 58.5 Å². The van der Waals surface area contributed by atoms with Crippen molar-refractivity contribution in [1.29, 1.82) is 0 Å². The molecule has 1 fully saturated rings. The molecule has 0 aliphatic carbocycles. The maximum atomic E-state index is 5.49. The summed E-state index contributed by atoms with van der Waals surface area (Å²) in [6, 6.07) is 1.83. The van der Waals surface area contributed by atoms with E-state index in [0.29, 0.717) is 5.82 Å². The van der Waals surface area contributed by atoms with Gasteiger partial charge in [0.25, 0.3) is 0 Å². The van der Waals surface area contributed by atoms with E-state index in [1.807, 2.05) is 6.07 Å². The molecule has 20 heavy (non-hydrogen) atoms. The van der Waals surface area contributed by atoms with Crippen LogP contribution in [-0.2, 0) is 5.41 Å². The van der Waals surface area contributed by atoms with Gasteiger partial charge in [-0.25, -0.2) is 20.8 Å². The van der Waals surface area contributed by atoms with Gasteiger partial charge in [-0.05, 0) is 7.05 Å². The van der Waals surface area contributed by atoms with Crippen LogP contribution in [0.25, 0.3) is 0 Å². The standard InChI is InChI=1S/C13H25N7/c1-13(2,3)12-15-10(17-14)9-11(16-12)18-20-7-5-19(4)6-8-20/h9H,5-8,14H2,1-4H3,(H2,15,16,17,18). The van der Waals surface area contributed by atoms with Crippen molar-refractivity contribution in [2.75, 3.05) is 44.1 Å². The fraction of sp³-hybridized carbons (Fsp3) is 0.692. The molecular weight excluding hydrogens is 254 g/mol. The number of hydrazine groups is 2. The van der Waals surface area contributed by atoms with E-state index in [9.17, 15) is 0 Å². The second-order valence-electron chi connectivity index (χ2n) is 6.26. The second kappa shape index (κ2) is 5.90. The topological polar surface area (TPSA) is 82.3 Å². The number of nitrogen functional groups attached to an aromatic ring is 1. The van der Waals surface area contributed by atoms with E-state index in [0.717, 1.165) is 37.8 Å². The predicted octanol–water partition coefficient (Wildman–Crippen LogP) is 0.634. The number of piperazine rings is 1. The highest BCUT2D eigenvalue weighted by Crippen LogP contribution is 2.22. The van der Waals surface area contributed by atoms with E-state index < -0.39 is 0 Å². The third-order valence-corrected chi connectivity index (χ3v) is 3.32. The van der Waals surface area contributed by atoms with Crippen LogP contribution >= 0.6 is 0 Å². The quantitative estimate of drug-likeness (QED) is 0.553. The Bertz CT molecular complexity index is 447. The first-order valence-corrected chi connectivity index (χ1v) is 6.95. The number of aromatic nitrogens is 2. The minimum atomic E-state index is -0.120. The number of hydrogen-bond donors (Lipinski definition) is 3. The lowest BCUT2D eigenvalue weighted by Crippen LogP contribution is -2.47. The summed E-state index contributed by atoms with van der Waals surface area (Å²) in [5.41, 5.74) is 5.84. The van der Waals surface area contributed by atoms with Crippen LogP contribution in [0.3, 0.4) is 0 Å². The number of anilines is 2. The Morgan fingerprint density at radius 2 is 1.70 bits per heavy atom. The minimum absolute atomic E-state index is 0.120. The first-order chi connectivity index (χ1) is 9.38. The summed E-state index contributed by atoms with van der Waals surface area (Å²) in [6.07, 6.45) is 0. The Morgan fingerprint density at radius 3 is 2.25 bits per heavy atom. The molecule has 1 aliphatic rings. The molecule has 0 atom stereocenters. The SMILES string of the molecule is CN1CCN(Nc2cc(NN)nc(C(C)(C)C)n2)CC1. The molecule has 0 unspecified atom stereocenters. The zero-order valence-corrected chi connectivity index (χ0v) is 12.8. The van der Waals surface area contributed by atoms with Crippen molar-refractivity contribution in [3.05, 3.63) is 11.9 Å². The number of likely N-dealkylation sites (N-methyl/N-ethyl adjacent to an activating group) is 1. The number of hydrogen-bond acceptors (Lipinski definition) is 7. The van der Waals surface area contributed by atoms with Crippen molar-refractivity contribution in [2.45, 2.75) is 26.2 Å². The van der Waals surface area contributed by atoms with Gasteiger partial charge in [0, 0.05) is 37.7 Å². The summed E-state index contributed by atoms with van der Waals surface area (Å²) in [5, 5.41) is 2.18. The van der Waals surface area contributed by atoms with E-state index in [-0.39, 0.29) is 5.41 Å². The van der Waals surface area contributed by atoms with Crippen molar-refractivity contribution in [1.82, 2.24) is 19.9 Å². The van der Waals surface area contributed by atoms with Gasteiger partial charge in [0.15, 0.2) is 0 Å². The molecule has 2 heterocycles. The van der Waals surface area contributed by atoms with Gasteiger partial charge >= 0.3 is 0 Å². The fourth-order valence-corrected chi connectivity index (χ4v) is 1.99. The Labute approximate surface area is 120 Å². The van der Waals surface area contributed by atoms with Crippen LogP contribution in [0.4, 0.5) is 11.6 Å². The summed E-state index contributed by atoms with van der Waals surface area (Å²) < 4.78 is 0. The summed E-state index contributed by atoms with van der Waals surface area (Å²) in [5.74, 6) is 7.67. The molecule has 2 rings (SSSR count). The van der Waals surface area contributed by atoms with Crippen LogP contribution in [0.5, 0.6) is 0 Å². The van der Waals surface area contributed by atoms with Crippen LogP contribution in [0.1, 0.15) is 26.6 Å². The van der Waals surface area contributed by atoms with Crippen LogP contribution in [0, 0.1) is 0 Å². The Morgan fingerprint density at radius 1 is 1.10 bits per heavy atom. The third-order valence-electron chi connectivity index (χ3n) is 3.32. The molecule has 0 saturated carbocycles. The predicted molar refractivity (Wildman–Crippen MR) is 81.2 cm³/mol. The van der Waals surface area contributed by atoms with Gasteiger partial charge in [-0.15, -0.1) is 0 Å². The average Bonchev–Trinajstić information content (AvgIpc) is 2.40. The van der Waals surface area contributed by atoms with Crippen molar-refractivity contribution in [3.8, 4) is 0 Å². The van der Waals surface area contributed by atoms with Crippen molar-refractivity contribution >= 4 is 11.6 Å². The second-order valence-corrected chi connectivity index (χ2v) is 6.26. The first-order valence-electron chi connectivity index (χ1n) is 6.95. The maximum absolute atomic E-state index is 5.49. The van der Waals surface area contributed by atoms with E-state index in [1.165, 1.54) is 0 Å². The van der Waals surface area contributed by atoms with Gasteiger partial charge < -0.3 is 15.8 Å². The van der Waals surface area contributed by atoms with E-state index >= 15 is 0 Å². The van der Waals surface area contributed by atoms with Crippen molar-refractivity contribution < 1.29 is 0 Å². The highest BCUT2D eigenvalue weighted by atomic mass is 15.5. The van der Waals surface area contributed by atoms with Crippen LogP contribution in [0.2, 0.25) is 0 Å². The molecule has 1 saturated heterocycles. The zero-order chi connectivity index (χ0) is 14.8. The Hall–Kier alpha value is -1.44. The van der Waals surface area contributed by atoms with Crippen LogP contribution < -0.4 is 16.7 Å². The summed E-state index contributed by atoms with van der Waals surface area (Å²) in [6.45, 7) is 10.3. The number of nitrogens with zero attached hydrogens (tertiary/aromatic N) is 4. The van der Waals surface area contributed by atoms with Crippen molar-refractivity contribution in [2.24, 2.45) is 5.84 Å². The third kappa shape index (κ3) is 3.78. The molecule has 0 spiro atoms.